The lowest BCUT2D eigenvalue weighted by Crippen LogP contribution is -2.25. The molecule has 0 saturated carbocycles. The van der Waals surface area contributed by atoms with Crippen LogP contribution in [0.1, 0.15) is 16.2 Å². The van der Waals surface area contributed by atoms with E-state index in [4.69, 9.17) is 4.42 Å². The van der Waals surface area contributed by atoms with Gasteiger partial charge in [0.2, 0.25) is 0 Å². The number of hydrogen-bond donors (Lipinski definition) is 2. The number of hydrogen-bond acceptors (Lipinski definition) is 6. The number of nitrogens with zero attached hydrogens (tertiary/aromatic N) is 2. The topological polar surface area (TPSA) is 101 Å². The van der Waals surface area contributed by atoms with Crippen LogP contribution in [0, 0.1) is 0 Å². The van der Waals surface area contributed by atoms with E-state index < -0.39 is 5.91 Å². The van der Waals surface area contributed by atoms with Crippen molar-refractivity contribution in [3.8, 4) is 10.8 Å². The molecule has 3 heterocycles. The molecule has 2 N–H and O–H groups in total. The van der Waals surface area contributed by atoms with Crippen molar-refractivity contribution in [1.29, 1.82) is 0 Å². The maximum absolute atomic E-state index is 12.0. The maximum atomic E-state index is 12.0. The van der Waals surface area contributed by atoms with Gasteiger partial charge in [-0.1, -0.05) is 12.1 Å². The Balaban J connectivity index is 1.47. The summed E-state index contributed by atoms with van der Waals surface area (Å²) in [6.45, 7) is 0.213. The highest BCUT2D eigenvalue weighted by Crippen LogP contribution is 2.31. The van der Waals surface area contributed by atoms with Gasteiger partial charge < -0.3 is 9.73 Å². The molecule has 0 fully saturated rings. The SMILES string of the molecule is O=C(NCc1ccc(-c2nc3ccccc3s2)o1)c1ccc(=O)[nH]n1. The van der Waals surface area contributed by atoms with Gasteiger partial charge in [0.15, 0.2) is 10.8 Å². The first-order valence-electron chi connectivity index (χ1n) is 7.47. The van der Waals surface area contributed by atoms with Crippen LogP contribution < -0.4 is 10.9 Å². The highest BCUT2D eigenvalue weighted by molar-refractivity contribution is 7.21. The van der Waals surface area contributed by atoms with Gasteiger partial charge in [-0.25, -0.2) is 10.1 Å². The monoisotopic (exact) mass is 352 g/mol. The molecular weight excluding hydrogens is 340 g/mol. The van der Waals surface area contributed by atoms with E-state index in [2.05, 4.69) is 20.5 Å². The second kappa shape index (κ2) is 6.33. The first kappa shape index (κ1) is 15.3. The Morgan fingerprint density at radius 3 is 2.84 bits per heavy atom. The number of furan rings is 1. The van der Waals surface area contributed by atoms with Crippen molar-refractivity contribution in [3.63, 3.8) is 0 Å². The maximum Gasteiger partial charge on any atom is 0.272 e. The van der Waals surface area contributed by atoms with E-state index in [1.807, 2.05) is 30.3 Å². The van der Waals surface area contributed by atoms with E-state index >= 15 is 0 Å². The fraction of sp³-hybridized carbons (Fsp3) is 0.0588. The molecule has 0 aliphatic carbocycles. The number of nitrogens with one attached hydrogen (secondary N) is 2. The van der Waals surface area contributed by atoms with Gasteiger partial charge in [-0.3, -0.25) is 9.59 Å². The number of carbonyl (C=O) groups is 1. The summed E-state index contributed by atoms with van der Waals surface area (Å²) in [4.78, 5) is 27.5. The average Bonchev–Trinajstić information content (AvgIpc) is 3.26. The average molecular weight is 352 g/mol. The smallest absolute Gasteiger partial charge is 0.272 e. The van der Waals surface area contributed by atoms with E-state index in [0.29, 0.717) is 11.5 Å². The normalized spacial score (nSPS) is 10.9. The van der Waals surface area contributed by atoms with Crippen molar-refractivity contribution in [2.24, 2.45) is 0 Å². The van der Waals surface area contributed by atoms with Crippen molar-refractivity contribution in [3.05, 3.63) is 70.3 Å². The molecule has 0 unspecified atom stereocenters. The second-order valence-electron chi connectivity index (χ2n) is 5.24. The zero-order valence-corrected chi connectivity index (χ0v) is 13.7. The molecule has 0 aliphatic heterocycles. The Hall–Kier alpha value is -3.26. The molecule has 3 aromatic heterocycles. The summed E-state index contributed by atoms with van der Waals surface area (Å²) in [5, 5.41) is 9.38. The summed E-state index contributed by atoms with van der Waals surface area (Å²) in [7, 11) is 0. The summed E-state index contributed by atoms with van der Waals surface area (Å²) >= 11 is 1.55. The number of benzene rings is 1. The van der Waals surface area contributed by atoms with Gasteiger partial charge in [-0.15, -0.1) is 11.3 Å². The van der Waals surface area contributed by atoms with Gasteiger partial charge in [0.25, 0.3) is 11.5 Å². The molecule has 0 radical (unpaired) electrons. The van der Waals surface area contributed by atoms with E-state index in [1.54, 1.807) is 17.4 Å². The third-order valence-electron chi connectivity index (χ3n) is 3.50. The van der Waals surface area contributed by atoms with Crippen LogP contribution in [0.2, 0.25) is 0 Å². The number of para-hydroxylation sites is 1. The minimum atomic E-state index is -0.394. The van der Waals surface area contributed by atoms with E-state index in [0.717, 1.165) is 15.2 Å². The molecule has 25 heavy (non-hydrogen) atoms. The second-order valence-corrected chi connectivity index (χ2v) is 6.27. The predicted octanol–water partition coefficient (Wildman–Crippen LogP) is 2.57. The minimum Gasteiger partial charge on any atom is -0.457 e. The third-order valence-corrected chi connectivity index (χ3v) is 4.55. The van der Waals surface area contributed by atoms with Crippen LogP contribution in [-0.4, -0.2) is 21.1 Å². The molecule has 124 valence electrons. The Morgan fingerprint density at radius 2 is 2.04 bits per heavy atom. The summed E-state index contributed by atoms with van der Waals surface area (Å²) < 4.78 is 6.85. The van der Waals surface area contributed by atoms with Gasteiger partial charge in [-0.2, -0.15) is 5.10 Å². The molecule has 0 bridgehead atoms. The number of thiazole rings is 1. The lowest BCUT2D eigenvalue weighted by molar-refractivity contribution is 0.0942. The number of fused-ring (bicyclic) bond motifs is 1. The number of aromatic nitrogens is 3. The minimum absolute atomic E-state index is 0.137. The van der Waals surface area contributed by atoms with Crippen LogP contribution in [0.3, 0.4) is 0 Å². The number of rotatable bonds is 4. The first-order chi connectivity index (χ1) is 12.2. The zero-order valence-electron chi connectivity index (χ0n) is 12.9. The number of amides is 1. The summed E-state index contributed by atoms with van der Waals surface area (Å²) in [6.07, 6.45) is 0. The van der Waals surface area contributed by atoms with Crippen molar-refractivity contribution in [2.45, 2.75) is 6.54 Å². The van der Waals surface area contributed by atoms with Gasteiger partial charge in [0.1, 0.15) is 11.5 Å². The highest BCUT2D eigenvalue weighted by Gasteiger charge is 2.12. The Morgan fingerprint density at radius 1 is 1.16 bits per heavy atom. The molecule has 0 saturated heterocycles. The molecule has 7 nitrogen and oxygen atoms in total. The van der Waals surface area contributed by atoms with Crippen molar-refractivity contribution in [1.82, 2.24) is 20.5 Å². The third kappa shape index (κ3) is 3.20. The fourth-order valence-electron chi connectivity index (χ4n) is 2.29. The van der Waals surface area contributed by atoms with Crippen molar-refractivity contribution in [2.75, 3.05) is 0 Å². The van der Waals surface area contributed by atoms with E-state index in [9.17, 15) is 9.59 Å². The molecule has 0 atom stereocenters. The van der Waals surface area contributed by atoms with Crippen molar-refractivity contribution < 1.29 is 9.21 Å². The van der Waals surface area contributed by atoms with Crippen LogP contribution in [0.4, 0.5) is 0 Å². The van der Waals surface area contributed by atoms with Crippen LogP contribution >= 0.6 is 11.3 Å². The molecule has 0 spiro atoms. The van der Waals surface area contributed by atoms with Gasteiger partial charge in [0.05, 0.1) is 16.8 Å². The van der Waals surface area contributed by atoms with Crippen molar-refractivity contribution >= 4 is 27.5 Å². The highest BCUT2D eigenvalue weighted by atomic mass is 32.1. The first-order valence-corrected chi connectivity index (χ1v) is 8.29. The van der Waals surface area contributed by atoms with Gasteiger partial charge >= 0.3 is 0 Å². The summed E-state index contributed by atoms with van der Waals surface area (Å²) in [6, 6.07) is 14.1. The van der Waals surface area contributed by atoms with Crippen LogP contribution in [0.5, 0.6) is 0 Å². The molecular formula is C17H12N4O3S. The number of H-pyrrole nitrogens is 1. The largest absolute Gasteiger partial charge is 0.457 e. The van der Waals surface area contributed by atoms with E-state index in [-0.39, 0.29) is 17.8 Å². The van der Waals surface area contributed by atoms with Crippen LogP contribution in [-0.2, 0) is 6.54 Å². The predicted molar refractivity (Wildman–Crippen MR) is 93.3 cm³/mol. The van der Waals surface area contributed by atoms with Gasteiger partial charge in [0, 0.05) is 6.07 Å². The van der Waals surface area contributed by atoms with Crippen LogP contribution in [0.15, 0.2) is 57.7 Å². The summed E-state index contributed by atoms with van der Waals surface area (Å²) in [5.41, 5.74) is 0.707. The molecule has 0 aliphatic rings. The molecule has 4 rings (SSSR count). The standard InChI is InChI=1S/C17H12N4O3S/c22-15-8-6-12(20-21-15)16(23)18-9-10-5-7-13(24-10)17-19-11-3-1-2-4-14(11)25-17/h1-8H,9H2,(H,18,23)(H,21,22). The quantitative estimate of drug-likeness (QED) is 0.588. The van der Waals surface area contributed by atoms with E-state index in [1.165, 1.54) is 12.1 Å². The van der Waals surface area contributed by atoms with Crippen LogP contribution in [0.25, 0.3) is 21.0 Å². The van der Waals surface area contributed by atoms with Gasteiger partial charge in [-0.05, 0) is 30.3 Å². The lowest BCUT2D eigenvalue weighted by Gasteiger charge is -2.01. The summed E-state index contributed by atoms with van der Waals surface area (Å²) in [5.74, 6) is 0.869. The lowest BCUT2D eigenvalue weighted by atomic mass is 10.3. The zero-order chi connectivity index (χ0) is 17.2. The molecule has 1 aromatic carbocycles. The molecule has 8 heteroatoms. The molecule has 4 aromatic rings. The Bertz CT molecular complexity index is 1060. The number of aromatic amines is 1. The molecule has 1 amide bonds. The number of carbonyl (C=O) groups excluding carboxylic acids is 1. The Kier molecular flexibility index (Phi) is 3.87. The Labute approximate surface area is 145 Å². The fourth-order valence-corrected chi connectivity index (χ4v) is 3.22.